The number of nitrogens with zero attached hydrogens (tertiary/aromatic N) is 3. The molecule has 3 aromatic rings. The number of benzene rings is 2. The van der Waals surface area contributed by atoms with Crippen LogP contribution in [0.15, 0.2) is 63.5 Å². The summed E-state index contributed by atoms with van der Waals surface area (Å²) in [6.45, 7) is 1.74. The molecule has 0 amide bonds. The second kappa shape index (κ2) is 9.67. The average molecular weight is 492 g/mol. The van der Waals surface area contributed by atoms with Crippen LogP contribution in [0.2, 0.25) is 5.02 Å². The zero-order valence-corrected chi connectivity index (χ0v) is 19.1. The molecule has 0 radical (unpaired) electrons. The second-order valence-electron chi connectivity index (χ2n) is 7.28. The van der Waals surface area contributed by atoms with Crippen molar-refractivity contribution in [2.75, 3.05) is 13.2 Å². The first-order valence-corrected chi connectivity index (χ1v) is 10.8. The summed E-state index contributed by atoms with van der Waals surface area (Å²) in [7, 11) is 0. The molecule has 4 rings (SSSR count). The molecule has 35 heavy (non-hydrogen) atoms. The summed E-state index contributed by atoms with van der Waals surface area (Å²) in [5.41, 5.74) is 5.34. The third-order valence-corrected chi connectivity index (χ3v) is 5.51. The van der Waals surface area contributed by atoms with Crippen molar-refractivity contribution in [3.05, 3.63) is 90.9 Å². The fourth-order valence-corrected chi connectivity index (χ4v) is 4.13. The van der Waals surface area contributed by atoms with E-state index < -0.39 is 17.2 Å². The van der Waals surface area contributed by atoms with Gasteiger partial charge in [-0.15, -0.1) is 0 Å². The summed E-state index contributed by atoms with van der Waals surface area (Å²) in [5, 5.41) is 18.9. The number of aromatic amines is 1. The Labute approximate surface area is 204 Å². The number of nitriles is 2. The Morgan fingerprint density at radius 1 is 1.20 bits per heavy atom. The molecule has 0 saturated carbocycles. The normalized spacial score (nSPS) is 14.3. The quantitative estimate of drug-likeness (QED) is 0.533. The first kappa shape index (κ1) is 23.5. The van der Waals surface area contributed by atoms with Gasteiger partial charge in [-0.05, 0) is 36.8 Å². The maximum Gasteiger partial charge on any atom is 0.335 e. The van der Waals surface area contributed by atoms with E-state index >= 15 is 0 Å². The van der Waals surface area contributed by atoms with Crippen LogP contribution in [0.5, 0.6) is 17.4 Å². The number of ether oxygens (including phenoxy) is 3. The van der Waals surface area contributed by atoms with Gasteiger partial charge in [-0.25, -0.2) is 9.36 Å². The molecular weight excluding hydrogens is 474 g/mol. The number of H-pyrrole nitrogens is 1. The van der Waals surface area contributed by atoms with Crippen molar-refractivity contribution in [3.63, 3.8) is 0 Å². The summed E-state index contributed by atoms with van der Waals surface area (Å²) in [4.78, 5) is 28.1. The highest BCUT2D eigenvalue weighted by Gasteiger charge is 2.37. The molecule has 1 atom stereocenters. The standard InChI is InChI=1S/C24H18ClN5O5/c1-2-33-17-11-13(10-16(25)20(17)34-9-8-26)18-15(12-27)21(28)35-23-19(18)22(31)29-24(32)30(23)14-6-4-3-5-7-14/h3-7,10-11,18H,2,9,28H2,1H3,(H,29,31,32)/t18-/m0/s1. The molecule has 0 spiro atoms. The van der Waals surface area contributed by atoms with E-state index in [1.807, 2.05) is 12.1 Å². The number of nitrogens with two attached hydrogens (primary N) is 1. The maximum atomic E-state index is 13.1. The van der Waals surface area contributed by atoms with E-state index in [0.29, 0.717) is 11.3 Å². The molecule has 1 aliphatic rings. The second-order valence-corrected chi connectivity index (χ2v) is 7.69. The highest BCUT2D eigenvalue weighted by molar-refractivity contribution is 6.32. The lowest BCUT2D eigenvalue weighted by molar-refractivity contribution is 0.298. The lowest BCUT2D eigenvalue weighted by atomic mass is 9.85. The molecule has 2 aromatic carbocycles. The van der Waals surface area contributed by atoms with Gasteiger partial charge in [-0.3, -0.25) is 9.78 Å². The first-order chi connectivity index (χ1) is 16.9. The monoisotopic (exact) mass is 491 g/mol. The van der Waals surface area contributed by atoms with Crippen molar-refractivity contribution in [3.8, 4) is 35.2 Å². The molecule has 0 fully saturated rings. The predicted molar refractivity (Wildman–Crippen MR) is 126 cm³/mol. The predicted octanol–water partition coefficient (Wildman–Crippen LogP) is 2.70. The summed E-state index contributed by atoms with van der Waals surface area (Å²) < 4.78 is 17.9. The van der Waals surface area contributed by atoms with Gasteiger partial charge in [0.1, 0.15) is 17.7 Å². The SMILES string of the molecule is CCOc1cc([C@H]2C(C#N)=C(N)Oc3c2c(=O)[nH]c(=O)n3-c2ccccc2)cc(Cl)c1OCC#N. The zero-order chi connectivity index (χ0) is 25.1. The van der Waals surface area contributed by atoms with Crippen molar-refractivity contribution < 1.29 is 14.2 Å². The summed E-state index contributed by atoms with van der Waals surface area (Å²) in [6.07, 6.45) is 0. The highest BCUT2D eigenvalue weighted by atomic mass is 35.5. The van der Waals surface area contributed by atoms with Crippen LogP contribution in [0, 0.1) is 22.7 Å². The smallest absolute Gasteiger partial charge is 0.335 e. The minimum Gasteiger partial charge on any atom is -0.490 e. The van der Waals surface area contributed by atoms with Gasteiger partial charge >= 0.3 is 5.69 Å². The summed E-state index contributed by atoms with van der Waals surface area (Å²) in [5.74, 6) is -1.07. The fourth-order valence-electron chi connectivity index (χ4n) is 3.86. The number of nitrogens with one attached hydrogen (secondary N) is 1. The molecule has 1 aromatic heterocycles. The third-order valence-electron chi connectivity index (χ3n) is 5.23. The molecule has 0 aliphatic carbocycles. The van der Waals surface area contributed by atoms with E-state index in [2.05, 4.69) is 4.98 Å². The molecule has 0 unspecified atom stereocenters. The van der Waals surface area contributed by atoms with Crippen molar-refractivity contribution >= 4 is 11.6 Å². The Bertz CT molecular complexity index is 1530. The summed E-state index contributed by atoms with van der Waals surface area (Å²) in [6, 6.07) is 15.4. The Hall–Kier alpha value is -4.67. The van der Waals surface area contributed by atoms with Gasteiger partial charge in [0.05, 0.1) is 28.8 Å². The summed E-state index contributed by atoms with van der Waals surface area (Å²) >= 11 is 6.45. The van der Waals surface area contributed by atoms with E-state index in [1.165, 1.54) is 10.6 Å². The lowest BCUT2D eigenvalue weighted by Crippen LogP contribution is -2.37. The lowest BCUT2D eigenvalue weighted by Gasteiger charge is -2.28. The molecule has 2 heterocycles. The van der Waals surface area contributed by atoms with E-state index in [-0.39, 0.29) is 52.6 Å². The number of rotatable bonds is 6. The largest absolute Gasteiger partial charge is 0.490 e. The number of hydrogen-bond donors (Lipinski definition) is 2. The third kappa shape index (κ3) is 4.19. The van der Waals surface area contributed by atoms with E-state index in [1.54, 1.807) is 43.3 Å². The fraction of sp³-hybridized carbons (Fsp3) is 0.167. The van der Waals surface area contributed by atoms with Crippen molar-refractivity contribution in [2.24, 2.45) is 5.73 Å². The highest BCUT2D eigenvalue weighted by Crippen LogP contribution is 2.45. The van der Waals surface area contributed by atoms with Gasteiger partial charge in [0.25, 0.3) is 5.56 Å². The van der Waals surface area contributed by atoms with E-state index in [0.717, 1.165) is 0 Å². The average Bonchev–Trinajstić information content (AvgIpc) is 2.83. The van der Waals surface area contributed by atoms with E-state index in [9.17, 15) is 14.9 Å². The molecular formula is C24H18ClN5O5. The van der Waals surface area contributed by atoms with Crippen LogP contribution in [0.25, 0.3) is 5.69 Å². The number of hydrogen-bond acceptors (Lipinski definition) is 8. The van der Waals surface area contributed by atoms with E-state index in [4.69, 9.17) is 36.8 Å². The van der Waals surface area contributed by atoms with Gasteiger partial charge in [-0.2, -0.15) is 10.5 Å². The number of para-hydroxylation sites is 1. The van der Waals surface area contributed by atoms with Crippen LogP contribution < -0.4 is 31.2 Å². The first-order valence-electron chi connectivity index (χ1n) is 10.4. The molecule has 10 nitrogen and oxygen atoms in total. The molecule has 11 heteroatoms. The van der Waals surface area contributed by atoms with Crippen LogP contribution in [-0.4, -0.2) is 22.8 Å². The number of fused-ring (bicyclic) bond motifs is 1. The maximum absolute atomic E-state index is 13.1. The van der Waals surface area contributed by atoms with Gasteiger partial charge < -0.3 is 19.9 Å². The van der Waals surface area contributed by atoms with Crippen LogP contribution in [0.4, 0.5) is 0 Å². The molecule has 0 bridgehead atoms. The van der Waals surface area contributed by atoms with Crippen molar-refractivity contribution in [1.82, 2.24) is 9.55 Å². The number of halogens is 1. The van der Waals surface area contributed by atoms with Crippen LogP contribution in [0.3, 0.4) is 0 Å². The zero-order valence-electron chi connectivity index (χ0n) is 18.4. The Kier molecular flexibility index (Phi) is 6.49. The van der Waals surface area contributed by atoms with Gasteiger partial charge in [0.15, 0.2) is 18.1 Å². The van der Waals surface area contributed by atoms with Crippen molar-refractivity contribution in [2.45, 2.75) is 12.8 Å². The van der Waals surface area contributed by atoms with Gasteiger partial charge in [0.2, 0.25) is 11.8 Å². The van der Waals surface area contributed by atoms with Gasteiger partial charge in [0, 0.05) is 0 Å². The molecule has 3 N–H and O–H groups in total. The molecule has 0 saturated heterocycles. The number of allylic oxidation sites excluding steroid dienone is 1. The van der Waals surface area contributed by atoms with Crippen LogP contribution in [-0.2, 0) is 0 Å². The van der Waals surface area contributed by atoms with Gasteiger partial charge in [-0.1, -0.05) is 29.8 Å². The Morgan fingerprint density at radius 3 is 2.60 bits per heavy atom. The minimum atomic E-state index is -1.04. The van der Waals surface area contributed by atoms with Crippen molar-refractivity contribution in [1.29, 1.82) is 10.5 Å². The molecule has 1 aliphatic heterocycles. The molecule has 176 valence electrons. The Balaban J connectivity index is 2.02. The minimum absolute atomic E-state index is 0.0107. The van der Waals surface area contributed by atoms with Crippen LogP contribution in [0.1, 0.15) is 24.0 Å². The number of aromatic nitrogens is 2. The van der Waals surface area contributed by atoms with Crippen LogP contribution >= 0.6 is 11.6 Å². The topological polar surface area (TPSA) is 156 Å². The Morgan fingerprint density at radius 2 is 1.94 bits per heavy atom.